The van der Waals surface area contributed by atoms with Crippen molar-refractivity contribution in [1.82, 2.24) is 5.32 Å². The van der Waals surface area contributed by atoms with Gasteiger partial charge in [-0.1, -0.05) is 307 Å². The molecule has 0 radical (unpaired) electrons. The predicted molar refractivity (Wildman–Crippen MR) is 329 cm³/mol. The number of aliphatic hydroxyl groups excluding tert-OH is 2. The van der Waals surface area contributed by atoms with Crippen LogP contribution in [0.15, 0.2) is 36.5 Å². The summed E-state index contributed by atoms with van der Waals surface area (Å²) in [5, 5.41) is 23.2. The second-order valence-electron chi connectivity index (χ2n) is 23.1. The number of unbranched alkanes of at least 4 members (excludes halogenated alkanes) is 48. The van der Waals surface area contributed by atoms with Crippen LogP contribution in [-0.4, -0.2) is 47.4 Å². The first-order chi connectivity index (χ1) is 37.0. The molecule has 0 saturated carbocycles. The van der Waals surface area contributed by atoms with Crippen LogP contribution in [0.1, 0.15) is 367 Å². The summed E-state index contributed by atoms with van der Waals surface area (Å²) in [6, 6.07) is -0.631. The van der Waals surface area contributed by atoms with Gasteiger partial charge in [0.2, 0.25) is 5.91 Å². The highest BCUT2D eigenvalue weighted by molar-refractivity contribution is 5.76. The van der Waals surface area contributed by atoms with Crippen molar-refractivity contribution < 1.29 is 24.5 Å². The van der Waals surface area contributed by atoms with Crippen molar-refractivity contribution in [3.63, 3.8) is 0 Å². The molecule has 2 atom stereocenters. The Morgan fingerprint density at radius 2 is 0.627 bits per heavy atom. The van der Waals surface area contributed by atoms with E-state index in [4.69, 9.17) is 4.74 Å². The molecule has 442 valence electrons. The number of carbonyl (C=O) groups excluding carboxylic acids is 2. The van der Waals surface area contributed by atoms with Crippen molar-refractivity contribution in [3.05, 3.63) is 36.5 Å². The van der Waals surface area contributed by atoms with Gasteiger partial charge in [-0.25, -0.2) is 0 Å². The molecule has 75 heavy (non-hydrogen) atoms. The summed E-state index contributed by atoms with van der Waals surface area (Å²) in [6.07, 6.45) is 82.0. The number of hydrogen-bond acceptors (Lipinski definition) is 5. The van der Waals surface area contributed by atoms with E-state index in [1.165, 1.54) is 295 Å². The van der Waals surface area contributed by atoms with E-state index < -0.39 is 12.1 Å². The maximum atomic E-state index is 12.5. The largest absolute Gasteiger partial charge is 0.466 e. The Kier molecular flexibility index (Phi) is 63.0. The van der Waals surface area contributed by atoms with Gasteiger partial charge in [0.15, 0.2) is 0 Å². The van der Waals surface area contributed by atoms with Gasteiger partial charge in [-0.05, 0) is 83.5 Å². The van der Waals surface area contributed by atoms with Crippen LogP contribution in [0.25, 0.3) is 0 Å². The average Bonchev–Trinajstić information content (AvgIpc) is 3.41. The number of amides is 1. The molecule has 0 aliphatic carbocycles. The summed E-state index contributed by atoms with van der Waals surface area (Å²) in [5.74, 6) is -0.0641. The van der Waals surface area contributed by atoms with E-state index in [2.05, 4.69) is 43.5 Å². The summed E-state index contributed by atoms with van der Waals surface area (Å²) in [7, 11) is 0. The molecule has 0 fully saturated rings. The number of allylic oxidation sites excluding steroid dienone is 5. The van der Waals surface area contributed by atoms with E-state index >= 15 is 0 Å². The Labute approximate surface area is 468 Å². The van der Waals surface area contributed by atoms with Crippen LogP contribution in [0, 0.1) is 0 Å². The van der Waals surface area contributed by atoms with E-state index in [-0.39, 0.29) is 18.5 Å². The molecule has 0 heterocycles. The van der Waals surface area contributed by atoms with E-state index in [0.29, 0.717) is 19.4 Å². The van der Waals surface area contributed by atoms with Gasteiger partial charge < -0.3 is 20.3 Å². The lowest BCUT2D eigenvalue weighted by atomic mass is 10.0. The van der Waals surface area contributed by atoms with Gasteiger partial charge in [-0.3, -0.25) is 9.59 Å². The second-order valence-corrected chi connectivity index (χ2v) is 23.1. The third kappa shape index (κ3) is 61.2. The fourth-order valence-corrected chi connectivity index (χ4v) is 10.4. The SMILES string of the molecule is CCCCCC/C=C\CCCCCCCC(=O)OCCCCCCCCCCCCCC/C=C\CCCCCCCCCCCC(=O)NC(CO)C(O)/C=C/CCCCCCCCCCCCCCCCCCCC. The molecule has 0 aromatic heterocycles. The molecule has 6 nitrogen and oxygen atoms in total. The average molecular weight is 1050 g/mol. The smallest absolute Gasteiger partial charge is 0.305 e. The summed E-state index contributed by atoms with van der Waals surface area (Å²) < 4.78 is 5.48. The molecule has 6 heteroatoms. The minimum atomic E-state index is -0.847. The lowest BCUT2D eigenvalue weighted by Crippen LogP contribution is -2.45. The number of rotatable bonds is 63. The highest BCUT2D eigenvalue weighted by Crippen LogP contribution is 2.18. The van der Waals surface area contributed by atoms with Gasteiger partial charge in [0.1, 0.15) is 0 Å². The molecule has 3 N–H and O–H groups in total. The number of ether oxygens (including phenoxy) is 1. The van der Waals surface area contributed by atoms with Crippen molar-refractivity contribution in [3.8, 4) is 0 Å². The second kappa shape index (κ2) is 64.6. The van der Waals surface area contributed by atoms with E-state index in [1.54, 1.807) is 6.08 Å². The molecule has 0 aromatic carbocycles. The van der Waals surface area contributed by atoms with Crippen LogP contribution in [0.3, 0.4) is 0 Å². The Balaban J connectivity index is 3.43. The molecule has 0 spiro atoms. The lowest BCUT2D eigenvalue weighted by molar-refractivity contribution is -0.143. The first kappa shape index (κ1) is 73.1. The third-order valence-electron chi connectivity index (χ3n) is 15.6. The van der Waals surface area contributed by atoms with Gasteiger partial charge in [-0.15, -0.1) is 0 Å². The Bertz CT molecular complexity index is 1210. The molecule has 0 saturated heterocycles. The number of aliphatic hydroxyl groups is 2. The molecule has 1 amide bonds. The highest BCUT2D eigenvalue weighted by atomic mass is 16.5. The summed E-state index contributed by atoms with van der Waals surface area (Å²) in [6.45, 7) is 4.91. The molecule has 0 aromatic rings. The van der Waals surface area contributed by atoms with Crippen LogP contribution in [0.5, 0.6) is 0 Å². The topological polar surface area (TPSA) is 95.9 Å². The van der Waals surface area contributed by atoms with Crippen molar-refractivity contribution in [1.29, 1.82) is 0 Å². The summed E-state index contributed by atoms with van der Waals surface area (Å²) >= 11 is 0. The zero-order valence-electron chi connectivity index (χ0n) is 50.5. The fraction of sp³-hybridized carbons (Fsp3) is 0.884. The Morgan fingerprint density at radius 1 is 0.360 bits per heavy atom. The van der Waals surface area contributed by atoms with Crippen molar-refractivity contribution in [2.75, 3.05) is 13.2 Å². The Hall–Kier alpha value is -1.92. The maximum Gasteiger partial charge on any atom is 0.305 e. The predicted octanol–water partition coefficient (Wildman–Crippen LogP) is 21.5. The summed E-state index contributed by atoms with van der Waals surface area (Å²) in [5.41, 5.74) is 0. The van der Waals surface area contributed by atoms with Crippen LogP contribution in [-0.2, 0) is 14.3 Å². The van der Waals surface area contributed by atoms with Crippen molar-refractivity contribution in [2.45, 2.75) is 379 Å². The van der Waals surface area contributed by atoms with Crippen LogP contribution in [0.2, 0.25) is 0 Å². The first-order valence-electron chi connectivity index (χ1n) is 33.8. The number of esters is 1. The number of nitrogens with one attached hydrogen (secondary N) is 1. The zero-order valence-corrected chi connectivity index (χ0v) is 50.5. The molecular weight excluding hydrogens is 923 g/mol. The maximum absolute atomic E-state index is 12.5. The van der Waals surface area contributed by atoms with Crippen LogP contribution < -0.4 is 5.32 Å². The minimum absolute atomic E-state index is 0.00400. The standard InChI is InChI=1S/C69H131NO5/c1-3-5-7-9-11-13-15-17-18-19-20-28-31-34-38-41-45-49-53-57-61-67(72)66(65-71)70-68(73)62-58-54-50-46-42-39-35-32-29-26-24-22-21-23-25-27-30-33-36-40-44-48-52-56-60-64-75-69(74)63-59-55-51-47-43-37-16-14-12-10-8-6-4-2/h14,16,22,24,57,61,66-67,71-72H,3-13,15,17-21,23,25-56,58-60,62-65H2,1-2H3,(H,70,73)/b16-14-,24-22-,61-57+. The van der Waals surface area contributed by atoms with E-state index in [0.717, 1.165) is 44.9 Å². The Morgan fingerprint density at radius 3 is 0.960 bits per heavy atom. The fourth-order valence-electron chi connectivity index (χ4n) is 10.4. The van der Waals surface area contributed by atoms with Gasteiger partial charge in [0.05, 0.1) is 25.4 Å². The van der Waals surface area contributed by atoms with Crippen LogP contribution >= 0.6 is 0 Å². The van der Waals surface area contributed by atoms with Gasteiger partial charge >= 0.3 is 5.97 Å². The molecule has 0 aliphatic rings. The van der Waals surface area contributed by atoms with E-state index in [9.17, 15) is 19.8 Å². The minimum Gasteiger partial charge on any atom is -0.466 e. The van der Waals surface area contributed by atoms with E-state index in [1.807, 2.05) is 6.08 Å². The summed E-state index contributed by atoms with van der Waals surface area (Å²) in [4.78, 5) is 24.5. The monoisotopic (exact) mass is 1050 g/mol. The third-order valence-corrected chi connectivity index (χ3v) is 15.6. The van der Waals surface area contributed by atoms with Crippen molar-refractivity contribution in [2.24, 2.45) is 0 Å². The lowest BCUT2D eigenvalue weighted by Gasteiger charge is -2.20. The molecule has 2 unspecified atom stereocenters. The number of hydrogen-bond donors (Lipinski definition) is 3. The molecule has 0 bridgehead atoms. The quantitative estimate of drug-likeness (QED) is 0.0320. The highest BCUT2D eigenvalue weighted by Gasteiger charge is 2.18. The number of carbonyl (C=O) groups is 2. The van der Waals surface area contributed by atoms with Gasteiger partial charge in [0, 0.05) is 12.8 Å². The van der Waals surface area contributed by atoms with Crippen molar-refractivity contribution >= 4 is 11.9 Å². The normalized spacial score (nSPS) is 12.7. The molecule has 0 rings (SSSR count). The van der Waals surface area contributed by atoms with Gasteiger partial charge in [0.25, 0.3) is 0 Å². The molecular formula is C69H131NO5. The zero-order chi connectivity index (χ0) is 54.3. The van der Waals surface area contributed by atoms with Gasteiger partial charge in [-0.2, -0.15) is 0 Å². The first-order valence-corrected chi connectivity index (χ1v) is 33.8. The molecule has 0 aliphatic heterocycles. The van der Waals surface area contributed by atoms with Crippen LogP contribution in [0.4, 0.5) is 0 Å².